The fourth-order valence-electron chi connectivity index (χ4n) is 2.04. The highest BCUT2D eigenvalue weighted by atomic mass is 127. The third kappa shape index (κ3) is 2.73. The van der Waals surface area contributed by atoms with Crippen molar-refractivity contribution >= 4 is 72.9 Å². The number of carbonyl (C=O) groups excluding carboxylic acids is 1. The number of hydrogen-bond donors (Lipinski definition) is 2. The van der Waals surface area contributed by atoms with E-state index >= 15 is 0 Å². The smallest absolute Gasteiger partial charge is 0.267 e. The first-order valence-electron chi connectivity index (χ1n) is 6.10. The topological polar surface area (TPSA) is 55.1 Å². The van der Waals surface area contributed by atoms with Crippen LogP contribution in [-0.4, -0.2) is 5.91 Å². The van der Waals surface area contributed by atoms with Gasteiger partial charge >= 0.3 is 0 Å². The number of nitrogens with one attached hydrogen (secondary N) is 1. The number of halogens is 2. The predicted octanol–water partition coefficient (Wildman–Crippen LogP) is 4.99. The minimum atomic E-state index is -0.214. The molecule has 0 saturated heterocycles. The van der Waals surface area contributed by atoms with E-state index < -0.39 is 0 Å². The molecule has 0 aliphatic heterocycles. The molecule has 0 radical (unpaired) electrons. The van der Waals surface area contributed by atoms with Crippen LogP contribution in [0.25, 0.3) is 10.1 Å². The average Bonchev–Trinajstić information content (AvgIpc) is 2.80. The molecule has 3 N–H and O–H groups in total. The number of benzene rings is 2. The van der Waals surface area contributed by atoms with E-state index in [0.717, 1.165) is 19.3 Å². The zero-order chi connectivity index (χ0) is 15.0. The lowest BCUT2D eigenvalue weighted by Gasteiger charge is -2.06. The molecule has 0 atom stereocenters. The van der Waals surface area contributed by atoms with Gasteiger partial charge in [0.25, 0.3) is 5.91 Å². The highest BCUT2D eigenvalue weighted by Crippen LogP contribution is 2.38. The number of rotatable bonds is 2. The number of para-hydroxylation sites is 1. The van der Waals surface area contributed by atoms with Crippen LogP contribution in [-0.2, 0) is 0 Å². The molecule has 3 rings (SSSR count). The van der Waals surface area contributed by atoms with Crippen molar-refractivity contribution < 1.29 is 4.79 Å². The predicted molar refractivity (Wildman–Crippen MR) is 98.4 cm³/mol. The molecule has 21 heavy (non-hydrogen) atoms. The van der Waals surface area contributed by atoms with Crippen molar-refractivity contribution in [3.8, 4) is 0 Å². The Morgan fingerprint density at radius 2 is 1.95 bits per heavy atom. The van der Waals surface area contributed by atoms with Crippen LogP contribution in [0.5, 0.6) is 0 Å². The molecule has 0 aliphatic rings. The minimum absolute atomic E-state index is 0.214. The lowest BCUT2D eigenvalue weighted by molar-refractivity contribution is 0.103. The summed E-state index contributed by atoms with van der Waals surface area (Å²) in [4.78, 5) is 12.9. The molecule has 2 aromatic carbocycles. The fourth-order valence-corrected chi connectivity index (χ4v) is 3.94. The lowest BCUT2D eigenvalue weighted by Crippen LogP contribution is -2.12. The van der Waals surface area contributed by atoms with Gasteiger partial charge in [0.15, 0.2) is 0 Å². The number of nitrogens with two attached hydrogens (primary N) is 1. The third-order valence-electron chi connectivity index (χ3n) is 3.03. The minimum Gasteiger partial charge on any atom is -0.397 e. The molecular formula is C15H10ClIN2OS. The van der Waals surface area contributed by atoms with Gasteiger partial charge in [0.2, 0.25) is 0 Å². The van der Waals surface area contributed by atoms with Crippen molar-refractivity contribution in [2.45, 2.75) is 0 Å². The zero-order valence-electron chi connectivity index (χ0n) is 10.7. The van der Waals surface area contributed by atoms with Crippen molar-refractivity contribution in [2.24, 2.45) is 0 Å². The van der Waals surface area contributed by atoms with Crippen molar-refractivity contribution in [3.05, 3.63) is 55.9 Å². The first-order chi connectivity index (χ1) is 10.1. The molecule has 1 heterocycles. The molecule has 0 fully saturated rings. The van der Waals surface area contributed by atoms with Gasteiger partial charge in [-0.2, -0.15) is 0 Å². The van der Waals surface area contributed by atoms with E-state index in [-0.39, 0.29) is 5.91 Å². The van der Waals surface area contributed by atoms with Crippen LogP contribution in [0.4, 0.5) is 11.4 Å². The zero-order valence-corrected chi connectivity index (χ0v) is 14.4. The standard InChI is InChI=1S/C15H10ClIN2OS/c16-8-4-3-7-11-12(8)13(18)14(21-11)15(20)19-10-6-2-1-5-9(10)17/h1-7H,18H2,(H,19,20). The molecule has 0 saturated carbocycles. The van der Waals surface area contributed by atoms with E-state index in [1.165, 1.54) is 11.3 Å². The SMILES string of the molecule is Nc1c(C(=O)Nc2ccccc2I)sc2cccc(Cl)c12. The van der Waals surface area contributed by atoms with Crippen molar-refractivity contribution in [2.75, 3.05) is 11.1 Å². The van der Waals surface area contributed by atoms with E-state index in [1.54, 1.807) is 6.07 Å². The molecule has 0 unspecified atom stereocenters. The molecule has 0 aliphatic carbocycles. The largest absolute Gasteiger partial charge is 0.397 e. The summed E-state index contributed by atoms with van der Waals surface area (Å²) in [6, 6.07) is 13.1. The van der Waals surface area contributed by atoms with Gasteiger partial charge in [-0.1, -0.05) is 29.8 Å². The number of fused-ring (bicyclic) bond motifs is 1. The first kappa shape index (κ1) is 14.6. The van der Waals surface area contributed by atoms with Crippen LogP contribution in [0, 0.1) is 3.57 Å². The Labute approximate surface area is 144 Å². The highest BCUT2D eigenvalue weighted by molar-refractivity contribution is 14.1. The molecule has 0 bridgehead atoms. The van der Waals surface area contributed by atoms with E-state index in [2.05, 4.69) is 27.9 Å². The van der Waals surface area contributed by atoms with Gasteiger partial charge < -0.3 is 11.1 Å². The quantitative estimate of drug-likeness (QED) is 0.565. The fraction of sp³-hybridized carbons (Fsp3) is 0. The summed E-state index contributed by atoms with van der Waals surface area (Å²) in [5.41, 5.74) is 7.30. The van der Waals surface area contributed by atoms with Crippen LogP contribution in [0.2, 0.25) is 5.02 Å². The molecule has 1 amide bonds. The van der Waals surface area contributed by atoms with Crippen LogP contribution in [0.15, 0.2) is 42.5 Å². The first-order valence-corrected chi connectivity index (χ1v) is 8.37. The molecule has 6 heteroatoms. The van der Waals surface area contributed by atoms with Crippen molar-refractivity contribution in [3.63, 3.8) is 0 Å². The van der Waals surface area contributed by atoms with Crippen LogP contribution in [0.3, 0.4) is 0 Å². The van der Waals surface area contributed by atoms with Crippen LogP contribution < -0.4 is 11.1 Å². The molecule has 3 nitrogen and oxygen atoms in total. The van der Waals surface area contributed by atoms with E-state index in [9.17, 15) is 4.79 Å². The molecule has 1 aromatic heterocycles. The Kier molecular flexibility index (Phi) is 4.05. The Hall–Kier alpha value is -1.31. The second-order valence-electron chi connectivity index (χ2n) is 4.39. The normalized spacial score (nSPS) is 10.8. The van der Waals surface area contributed by atoms with Crippen molar-refractivity contribution in [1.82, 2.24) is 0 Å². The van der Waals surface area contributed by atoms with Crippen molar-refractivity contribution in [1.29, 1.82) is 0 Å². The van der Waals surface area contributed by atoms with Gasteiger partial charge in [-0.3, -0.25) is 4.79 Å². The Morgan fingerprint density at radius 3 is 2.67 bits per heavy atom. The highest BCUT2D eigenvalue weighted by Gasteiger charge is 2.18. The van der Waals surface area contributed by atoms with Crippen LogP contribution in [0.1, 0.15) is 9.67 Å². The molecular weight excluding hydrogens is 419 g/mol. The molecule has 3 aromatic rings. The number of carbonyl (C=O) groups is 1. The summed E-state index contributed by atoms with van der Waals surface area (Å²) < 4.78 is 1.88. The molecule has 0 spiro atoms. The Bertz CT molecular complexity index is 847. The summed E-state index contributed by atoms with van der Waals surface area (Å²) in [6.07, 6.45) is 0. The summed E-state index contributed by atoms with van der Waals surface area (Å²) in [5, 5.41) is 4.20. The average molecular weight is 429 g/mol. The van der Waals surface area contributed by atoms with Gasteiger partial charge in [-0.05, 0) is 46.9 Å². The van der Waals surface area contributed by atoms with Crippen LogP contribution >= 0.6 is 45.5 Å². The van der Waals surface area contributed by atoms with Gasteiger partial charge in [-0.25, -0.2) is 0 Å². The maximum Gasteiger partial charge on any atom is 0.267 e. The van der Waals surface area contributed by atoms with Gasteiger partial charge in [0.05, 0.1) is 16.4 Å². The van der Waals surface area contributed by atoms with Gasteiger partial charge in [0, 0.05) is 13.7 Å². The number of thiophene rings is 1. The lowest BCUT2D eigenvalue weighted by atomic mass is 10.2. The summed E-state index contributed by atoms with van der Waals surface area (Å²) in [7, 11) is 0. The monoisotopic (exact) mass is 428 g/mol. The summed E-state index contributed by atoms with van der Waals surface area (Å²) in [5.74, 6) is -0.214. The Morgan fingerprint density at radius 1 is 1.19 bits per heavy atom. The number of nitrogen functional groups attached to an aromatic ring is 1. The van der Waals surface area contributed by atoms with E-state index in [0.29, 0.717) is 15.6 Å². The second kappa shape index (κ2) is 5.82. The third-order valence-corrected chi connectivity index (χ3v) is 5.45. The maximum atomic E-state index is 12.4. The number of hydrogen-bond acceptors (Lipinski definition) is 3. The van der Waals surface area contributed by atoms with E-state index in [4.69, 9.17) is 17.3 Å². The number of amides is 1. The maximum absolute atomic E-state index is 12.4. The second-order valence-corrected chi connectivity index (χ2v) is 7.01. The number of anilines is 2. The van der Waals surface area contributed by atoms with E-state index in [1.807, 2.05) is 36.4 Å². The van der Waals surface area contributed by atoms with Gasteiger partial charge in [-0.15, -0.1) is 11.3 Å². The van der Waals surface area contributed by atoms with Gasteiger partial charge in [0.1, 0.15) is 4.88 Å². The Balaban J connectivity index is 2.01. The summed E-state index contributed by atoms with van der Waals surface area (Å²) >= 11 is 9.68. The molecule has 106 valence electrons. The summed E-state index contributed by atoms with van der Waals surface area (Å²) in [6.45, 7) is 0.